The van der Waals surface area contributed by atoms with Crippen molar-refractivity contribution in [2.24, 2.45) is 0 Å². The number of carbonyl (C=O) groups excluding carboxylic acids is 1. The molecule has 160 valence electrons. The average Bonchev–Trinajstić information content (AvgIpc) is 3.21. The van der Waals surface area contributed by atoms with Crippen LogP contribution in [0.2, 0.25) is 0 Å². The van der Waals surface area contributed by atoms with E-state index in [2.05, 4.69) is 18.2 Å². The van der Waals surface area contributed by atoms with Crippen molar-refractivity contribution in [2.75, 3.05) is 39.8 Å². The number of ether oxygens (including phenoxy) is 1. The monoisotopic (exact) mass is 413 g/mol. The lowest BCUT2D eigenvalue weighted by Crippen LogP contribution is -3.29. The zero-order valence-corrected chi connectivity index (χ0v) is 17.9. The van der Waals surface area contributed by atoms with Gasteiger partial charge in [0.2, 0.25) is 0 Å². The zero-order valence-electron chi connectivity index (χ0n) is 17.9. The Morgan fingerprint density at radius 1 is 1.13 bits per heavy atom. The SMILES string of the molecule is C[C@@H](C(=O)N(C)Cc1cccc(F)c1)[NH+]1CC[NH+](Cc2ccc3c(c2)CCO3)CC1. The first kappa shape index (κ1) is 20.8. The average molecular weight is 414 g/mol. The summed E-state index contributed by atoms with van der Waals surface area (Å²) in [5.74, 6) is 0.899. The molecule has 0 radical (unpaired) electrons. The number of hydrogen-bond acceptors (Lipinski definition) is 2. The number of carbonyl (C=O) groups is 1. The third kappa shape index (κ3) is 4.82. The molecule has 2 N–H and O–H groups in total. The molecule has 2 aromatic rings. The van der Waals surface area contributed by atoms with E-state index >= 15 is 0 Å². The quantitative estimate of drug-likeness (QED) is 0.705. The number of halogens is 1. The maximum absolute atomic E-state index is 13.4. The molecule has 0 aliphatic carbocycles. The van der Waals surface area contributed by atoms with E-state index in [1.807, 2.05) is 20.0 Å². The van der Waals surface area contributed by atoms with E-state index < -0.39 is 0 Å². The summed E-state index contributed by atoms with van der Waals surface area (Å²) in [6.07, 6.45) is 1.01. The highest BCUT2D eigenvalue weighted by Crippen LogP contribution is 2.25. The Labute approximate surface area is 178 Å². The molecule has 0 bridgehead atoms. The number of amides is 1. The van der Waals surface area contributed by atoms with Crippen LogP contribution in [0.4, 0.5) is 4.39 Å². The molecule has 30 heavy (non-hydrogen) atoms. The number of nitrogens with one attached hydrogen (secondary N) is 2. The fraction of sp³-hybridized carbons (Fsp3) is 0.458. The minimum absolute atomic E-state index is 0.0812. The number of nitrogens with zero attached hydrogens (tertiary/aromatic N) is 1. The lowest BCUT2D eigenvalue weighted by molar-refractivity contribution is -1.02. The number of rotatable bonds is 6. The Morgan fingerprint density at radius 3 is 2.70 bits per heavy atom. The van der Waals surface area contributed by atoms with E-state index in [1.165, 1.54) is 28.2 Å². The van der Waals surface area contributed by atoms with Crippen LogP contribution in [-0.2, 0) is 24.3 Å². The molecule has 5 nitrogen and oxygen atoms in total. The molecule has 0 aromatic heterocycles. The van der Waals surface area contributed by atoms with Crippen molar-refractivity contribution in [3.8, 4) is 5.75 Å². The lowest BCUT2D eigenvalue weighted by atomic mass is 10.1. The lowest BCUT2D eigenvalue weighted by Gasteiger charge is -2.34. The maximum Gasteiger partial charge on any atom is 0.280 e. The van der Waals surface area contributed by atoms with Crippen LogP contribution in [0.5, 0.6) is 5.75 Å². The molecule has 1 atom stereocenters. The van der Waals surface area contributed by atoms with Crippen LogP contribution in [0.25, 0.3) is 0 Å². The van der Waals surface area contributed by atoms with Gasteiger partial charge >= 0.3 is 0 Å². The van der Waals surface area contributed by atoms with E-state index in [1.54, 1.807) is 15.9 Å². The molecule has 0 spiro atoms. The van der Waals surface area contributed by atoms with Gasteiger partial charge in [-0.1, -0.05) is 12.1 Å². The highest BCUT2D eigenvalue weighted by Gasteiger charge is 2.32. The summed E-state index contributed by atoms with van der Waals surface area (Å²) in [5.41, 5.74) is 3.52. The van der Waals surface area contributed by atoms with Crippen LogP contribution in [0.1, 0.15) is 23.6 Å². The van der Waals surface area contributed by atoms with Gasteiger partial charge < -0.3 is 19.4 Å². The predicted octanol–water partition coefficient (Wildman–Crippen LogP) is 0.0911. The Balaban J connectivity index is 1.27. The number of hydrogen-bond donors (Lipinski definition) is 2. The first-order valence-electron chi connectivity index (χ1n) is 10.9. The zero-order chi connectivity index (χ0) is 21.1. The number of likely N-dealkylation sites (N-methyl/N-ethyl adjacent to an activating group) is 1. The van der Waals surface area contributed by atoms with Crippen LogP contribution in [0.15, 0.2) is 42.5 Å². The van der Waals surface area contributed by atoms with Gasteiger partial charge in [0.15, 0.2) is 6.04 Å². The van der Waals surface area contributed by atoms with Crippen molar-refractivity contribution in [2.45, 2.75) is 32.5 Å². The molecule has 0 saturated carbocycles. The van der Waals surface area contributed by atoms with Gasteiger partial charge in [0.25, 0.3) is 5.91 Å². The molecule has 2 aliphatic rings. The molecule has 4 rings (SSSR count). The van der Waals surface area contributed by atoms with Crippen molar-refractivity contribution in [1.29, 1.82) is 0 Å². The molecule has 2 aliphatic heterocycles. The van der Waals surface area contributed by atoms with Crippen LogP contribution in [-0.4, -0.2) is 56.7 Å². The smallest absolute Gasteiger partial charge is 0.280 e. The van der Waals surface area contributed by atoms with E-state index in [9.17, 15) is 9.18 Å². The molecule has 1 amide bonds. The number of benzene rings is 2. The summed E-state index contributed by atoms with van der Waals surface area (Å²) in [6, 6.07) is 13.0. The fourth-order valence-corrected chi connectivity index (χ4v) is 4.67. The van der Waals surface area contributed by atoms with E-state index in [0.29, 0.717) is 6.54 Å². The highest BCUT2D eigenvalue weighted by atomic mass is 19.1. The number of quaternary nitrogens is 2. The first-order chi connectivity index (χ1) is 14.5. The van der Waals surface area contributed by atoms with Gasteiger partial charge in [-0.15, -0.1) is 0 Å². The minimum atomic E-state index is -0.262. The molecular formula is C24H32FN3O2+2. The van der Waals surface area contributed by atoms with Gasteiger partial charge in [0.1, 0.15) is 44.3 Å². The second-order valence-electron chi connectivity index (χ2n) is 8.67. The normalized spacial score (nSPS) is 21.6. The molecular weight excluding hydrogens is 381 g/mol. The van der Waals surface area contributed by atoms with Crippen molar-refractivity contribution < 1.29 is 23.7 Å². The largest absolute Gasteiger partial charge is 0.493 e. The number of fused-ring (bicyclic) bond motifs is 1. The van der Waals surface area contributed by atoms with Gasteiger partial charge in [-0.2, -0.15) is 0 Å². The second-order valence-corrected chi connectivity index (χ2v) is 8.67. The predicted molar refractivity (Wildman–Crippen MR) is 113 cm³/mol. The summed E-state index contributed by atoms with van der Waals surface area (Å²) in [5, 5.41) is 0. The van der Waals surface area contributed by atoms with Crippen molar-refractivity contribution in [3.63, 3.8) is 0 Å². The van der Waals surface area contributed by atoms with Crippen LogP contribution in [0, 0.1) is 5.82 Å². The fourth-order valence-electron chi connectivity index (χ4n) is 4.67. The van der Waals surface area contributed by atoms with E-state index in [-0.39, 0.29) is 17.8 Å². The summed E-state index contributed by atoms with van der Waals surface area (Å²) < 4.78 is 19.0. The first-order valence-corrected chi connectivity index (χ1v) is 10.9. The Kier molecular flexibility index (Phi) is 6.35. The molecule has 0 unspecified atom stereocenters. The van der Waals surface area contributed by atoms with E-state index in [4.69, 9.17) is 4.74 Å². The third-order valence-electron chi connectivity index (χ3n) is 6.48. The minimum Gasteiger partial charge on any atom is -0.493 e. The summed E-state index contributed by atoms with van der Waals surface area (Å²) in [7, 11) is 1.81. The summed E-state index contributed by atoms with van der Waals surface area (Å²) in [6.45, 7) is 8.39. The second kappa shape index (κ2) is 9.14. The van der Waals surface area contributed by atoms with Gasteiger partial charge in [-0.05, 0) is 48.4 Å². The topological polar surface area (TPSA) is 38.4 Å². The molecule has 2 heterocycles. The maximum atomic E-state index is 13.4. The Bertz CT molecular complexity index is 896. The van der Waals surface area contributed by atoms with Crippen LogP contribution < -0.4 is 14.5 Å². The molecule has 1 fully saturated rings. The number of piperazine rings is 1. The van der Waals surface area contributed by atoms with Gasteiger partial charge in [-0.25, -0.2) is 4.39 Å². The van der Waals surface area contributed by atoms with Gasteiger partial charge in [0.05, 0.1) is 6.61 Å². The van der Waals surface area contributed by atoms with Gasteiger partial charge in [-0.3, -0.25) is 4.79 Å². The van der Waals surface area contributed by atoms with Crippen molar-refractivity contribution >= 4 is 5.91 Å². The highest BCUT2D eigenvalue weighted by molar-refractivity contribution is 5.79. The van der Waals surface area contributed by atoms with Gasteiger partial charge in [0, 0.05) is 25.6 Å². The van der Waals surface area contributed by atoms with Crippen molar-refractivity contribution in [3.05, 3.63) is 65.0 Å². The molecule has 2 aromatic carbocycles. The summed E-state index contributed by atoms with van der Waals surface area (Å²) >= 11 is 0. The molecule has 6 heteroatoms. The standard InChI is InChI=1S/C24H30FN3O2/c1-18(24(29)26(2)16-19-4-3-5-22(25)15-19)28-11-9-27(10-12-28)17-20-6-7-23-21(14-20)8-13-30-23/h3-7,14-15,18H,8-13,16-17H2,1-2H3/p+2/t18-/m0/s1. The van der Waals surface area contributed by atoms with E-state index in [0.717, 1.165) is 57.1 Å². The van der Waals surface area contributed by atoms with Crippen LogP contribution in [0.3, 0.4) is 0 Å². The van der Waals surface area contributed by atoms with Crippen molar-refractivity contribution in [1.82, 2.24) is 4.90 Å². The summed E-state index contributed by atoms with van der Waals surface area (Å²) in [4.78, 5) is 17.5. The Morgan fingerprint density at radius 2 is 1.93 bits per heavy atom. The van der Waals surface area contributed by atoms with Crippen LogP contribution >= 0.6 is 0 Å². The Hall–Kier alpha value is -2.44. The third-order valence-corrected chi connectivity index (χ3v) is 6.48. The molecule has 1 saturated heterocycles.